The zero-order chi connectivity index (χ0) is 17.9. The standard InChI is InChI=1S/C15H15N3O5S/c1-9(13-16-3-4-24-13)8-17(2)14(19)10-5-11(15(20)21)7-12(6-10)18(22)23/h3-7,9H,8H2,1-2H3,(H,20,21). The van der Waals surface area contributed by atoms with Crippen LogP contribution >= 0.6 is 11.3 Å². The topological polar surface area (TPSA) is 114 Å². The van der Waals surface area contributed by atoms with Crippen LogP contribution in [0.25, 0.3) is 0 Å². The fraction of sp³-hybridized carbons (Fsp3) is 0.267. The Morgan fingerprint density at radius 1 is 1.38 bits per heavy atom. The number of nitro groups is 1. The van der Waals surface area contributed by atoms with Crippen molar-refractivity contribution in [3.05, 3.63) is 56.0 Å². The number of likely N-dealkylation sites (N-methyl/N-ethyl adjacent to an activating group) is 1. The molecule has 2 aromatic rings. The van der Waals surface area contributed by atoms with Crippen molar-refractivity contribution in [2.75, 3.05) is 13.6 Å². The molecule has 1 aromatic carbocycles. The molecule has 0 radical (unpaired) electrons. The summed E-state index contributed by atoms with van der Waals surface area (Å²) in [5, 5.41) is 22.7. The van der Waals surface area contributed by atoms with E-state index >= 15 is 0 Å². The Morgan fingerprint density at radius 2 is 2.04 bits per heavy atom. The first-order valence-electron chi connectivity index (χ1n) is 6.97. The maximum absolute atomic E-state index is 12.5. The van der Waals surface area contributed by atoms with E-state index in [0.717, 1.165) is 23.2 Å². The number of rotatable bonds is 6. The summed E-state index contributed by atoms with van der Waals surface area (Å²) in [4.78, 5) is 39.4. The second-order valence-electron chi connectivity index (χ2n) is 5.29. The minimum Gasteiger partial charge on any atom is -0.478 e. The molecular weight excluding hydrogens is 334 g/mol. The van der Waals surface area contributed by atoms with Crippen molar-refractivity contribution in [1.29, 1.82) is 0 Å². The second kappa shape index (κ2) is 7.18. The molecule has 24 heavy (non-hydrogen) atoms. The lowest BCUT2D eigenvalue weighted by Crippen LogP contribution is -2.30. The largest absolute Gasteiger partial charge is 0.478 e. The predicted octanol–water partition coefficient (Wildman–Crippen LogP) is 2.63. The van der Waals surface area contributed by atoms with Crippen molar-refractivity contribution >= 4 is 28.9 Å². The number of carboxylic acid groups (broad SMARTS) is 1. The first-order valence-corrected chi connectivity index (χ1v) is 7.85. The van der Waals surface area contributed by atoms with Gasteiger partial charge < -0.3 is 10.0 Å². The molecule has 0 bridgehead atoms. The summed E-state index contributed by atoms with van der Waals surface area (Å²) in [6.07, 6.45) is 1.68. The number of aromatic carboxylic acids is 1. The Morgan fingerprint density at radius 3 is 2.58 bits per heavy atom. The summed E-state index contributed by atoms with van der Waals surface area (Å²) < 4.78 is 0. The van der Waals surface area contributed by atoms with Gasteiger partial charge in [0, 0.05) is 48.8 Å². The molecule has 1 heterocycles. The zero-order valence-corrected chi connectivity index (χ0v) is 13.8. The summed E-state index contributed by atoms with van der Waals surface area (Å²) in [7, 11) is 1.56. The highest BCUT2D eigenvalue weighted by molar-refractivity contribution is 7.09. The summed E-state index contributed by atoms with van der Waals surface area (Å²) in [6, 6.07) is 3.15. The van der Waals surface area contributed by atoms with Crippen LogP contribution in [0.5, 0.6) is 0 Å². The number of nitro benzene ring substituents is 1. The highest BCUT2D eigenvalue weighted by Crippen LogP contribution is 2.21. The maximum atomic E-state index is 12.5. The van der Waals surface area contributed by atoms with Gasteiger partial charge >= 0.3 is 5.97 Å². The third kappa shape index (κ3) is 3.93. The molecule has 0 spiro atoms. The van der Waals surface area contributed by atoms with E-state index in [1.165, 1.54) is 16.2 Å². The SMILES string of the molecule is CC(CN(C)C(=O)c1cc(C(=O)O)cc([N+](=O)[O-])c1)c1nccs1. The molecule has 0 saturated heterocycles. The van der Waals surface area contributed by atoms with Gasteiger partial charge in [-0.15, -0.1) is 11.3 Å². The van der Waals surface area contributed by atoms with Gasteiger partial charge in [-0.3, -0.25) is 14.9 Å². The van der Waals surface area contributed by atoms with E-state index in [1.54, 1.807) is 13.2 Å². The van der Waals surface area contributed by atoms with E-state index in [1.807, 2.05) is 12.3 Å². The molecule has 2 rings (SSSR count). The van der Waals surface area contributed by atoms with Crippen molar-refractivity contribution in [1.82, 2.24) is 9.88 Å². The fourth-order valence-corrected chi connectivity index (χ4v) is 2.92. The summed E-state index contributed by atoms with van der Waals surface area (Å²) in [5.41, 5.74) is -0.760. The predicted molar refractivity (Wildman–Crippen MR) is 87.5 cm³/mol. The van der Waals surface area contributed by atoms with Crippen molar-refractivity contribution in [2.45, 2.75) is 12.8 Å². The smallest absolute Gasteiger partial charge is 0.335 e. The lowest BCUT2D eigenvalue weighted by atomic mass is 10.1. The monoisotopic (exact) mass is 349 g/mol. The van der Waals surface area contributed by atoms with Crippen molar-refractivity contribution in [3.8, 4) is 0 Å². The first kappa shape index (κ1) is 17.5. The minimum absolute atomic E-state index is 0.00316. The molecule has 0 saturated carbocycles. The van der Waals surface area contributed by atoms with E-state index in [4.69, 9.17) is 5.11 Å². The lowest BCUT2D eigenvalue weighted by Gasteiger charge is -2.20. The summed E-state index contributed by atoms with van der Waals surface area (Å²) >= 11 is 1.48. The van der Waals surface area contributed by atoms with Crippen LogP contribution in [0.2, 0.25) is 0 Å². The molecule has 0 fully saturated rings. The van der Waals surface area contributed by atoms with E-state index in [-0.39, 0.29) is 17.0 Å². The van der Waals surface area contributed by atoms with Gasteiger partial charge in [-0.25, -0.2) is 9.78 Å². The van der Waals surface area contributed by atoms with Gasteiger partial charge in [-0.05, 0) is 6.07 Å². The van der Waals surface area contributed by atoms with Gasteiger partial charge in [0.15, 0.2) is 0 Å². The number of hydrogen-bond donors (Lipinski definition) is 1. The Balaban J connectivity index is 2.24. The van der Waals surface area contributed by atoms with E-state index < -0.39 is 22.5 Å². The third-order valence-corrected chi connectivity index (χ3v) is 4.40. The normalized spacial score (nSPS) is 11.8. The maximum Gasteiger partial charge on any atom is 0.335 e. The first-order chi connectivity index (χ1) is 11.3. The average Bonchev–Trinajstić information content (AvgIpc) is 3.08. The Hall–Kier alpha value is -2.81. The number of non-ortho nitro benzene ring substituents is 1. The number of aromatic nitrogens is 1. The van der Waals surface area contributed by atoms with Crippen LogP contribution in [-0.4, -0.2) is 45.4 Å². The number of carbonyl (C=O) groups is 2. The van der Waals surface area contributed by atoms with Gasteiger partial charge in [0.2, 0.25) is 0 Å². The van der Waals surface area contributed by atoms with E-state index in [0.29, 0.717) is 6.54 Å². The molecule has 1 atom stereocenters. The molecule has 0 aliphatic heterocycles. The summed E-state index contributed by atoms with van der Waals surface area (Å²) in [6.45, 7) is 2.27. The lowest BCUT2D eigenvalue weighted by molar-refractivity contribution is -0.384. The van der Waals surface area contributed by atoms with Gasteiger partial charge in [0.25, 0.3) is 11.6 Å². The molecule has 1 amide bonds. The number of carbonyl (C=O) groups excluding carboxylic acids is 1. The molecule has 1 unspecified atom stereocenters. The van der Waals surface area contributed by atoms with Crippen molar-refractivity contribution < 1.29 is 19.6 Å². The van der Waals surface area contributed by atoms with Crippen LogP contribution < -0.4 is 0 Å². The quantitative estimate of drug-likeness (QED) is 0.633. The minimum atomic E-state index is -1.33. The van der Waals surface area contributed by atoms with Crippen LogP contribution in [0, 0.1) is 10.1 Å². The highest BCUT2D eigenvalue weighted by atomic mass is 32.1. The average molecular weight is 349 g/mol. The number of thiazole rings is 1. The second-order valence-corrected chi connectivity index (χ2v) is 6.21. The van der Waals surface area contributed by atoms with Crippen molar-refractivity contribution in [3.63, 3.8) is 0 Å². The third-order valence-electron chi connectivity index (χ3n) is 3.39. The van der Waals surface area contributed by atoms with Gasteiger partial charge in [-0.1, -0.05) is 6.92 Å². The molecule has 1 N–H and O–H groups in total. The van der Waals surface area contributed by atoms with E-state index in [9.17, 15) is 19.7 Å². The Bertz CT molecular complexity index is 743. The Kier molecular flexibility index (Phi) is 5.24. The fourth-order valence-electron chi connectivity index (χ4n) is 2.23. The zero-order valence-electron chi connectivity index (χ0n) is 13.0. The Labute approximate surface area is 141 Å². The summed E-state index contributed by atoms with van der Waals surface area (Å²) in [5.74, 6) is -1.81. The van der Waals surface area contributed by atoms with Crippen LogP contribution in [-0.2, 0) is 0 Å². The number of nitrogens with zero attached hydrogens (tertiary/aromatic N) is 3. The molecule has 1 aromatic heterocycles. The van der Waals surface area contributed by atoms with Gasteiger partial charge in [0.05, 0.1) is 15.5 Å². The molecule has 0 aliphatic carbocycles. The molecule has 9 heteroatoms. The number of amides is 1. The van der Waals surface area contributed by atoms with Crippen LogP contribution in [0.4, 0.5) is 5.69 Å². The number of benzene rings is 1. The molecular formula is C15H15N3O5S. The highest BCUT2D eigenvalue weighted by Gasteiger charge is 2.21. The molecule has 0 aliphatic rings. The number of carboxylic acids is 1. The van der Waals surface area contributed by atoms with Gasteiger partial charge in [0.1, 0.15) is 0 Å². The van der Waals surface area contributed by atoms with E-state index in [2.05, 4.69) is 4.98 Å². The number of hydrogen-bond acceptors (Lipinski definition) is 6. The van der Waals surface area contributed by atoms with Crippen molar-refractivity contribution in [2.24, 2.45) is 0 Å². The van der Waals surface area contributed by atoms with Crippen LogP contribution in [0.15, 0.2) is 29.8 Å². The molecule has 8 nitrogen and oxygen atoms in total. The van der Waals surface area contributed by atoms with Gasteiger partial charge in [-0.2, -0.15) is 0 Å². The van der Waals surface area contributed by atoms with Crippen LogP contribution in [0.1, 0.15) is 38.6 Å². The van der Waals surface area contributed by atoms with Crippen LogP contribution in [0.3, 0.4) is 0 Å². The molecule has 126 valence electrons.